The monoisotopic (exact) mass is 398 g/mol. The van der Waals surface area contributed by atoms with E-state index in [9.17, 15) is 14.7 Å². The lowest BCUT2D eigenvalue weighted by molar-refractivity contribution is 0.158. The molecule has 0 bridgehead atoms. The maximum Gasteiger partial charge on any atom is 0.332 e. The van der Waals surface area contributed by atoms with Gasteiger partial charge < -0.3 is 19.5 Å². The molecule has 1 N–H and O–H groups in total. The number of aryl methyl sites for hydroxylation is 1. The molecule has 0 saturated carbocycles. The minimum Gasteiger partial charge on any atom is -0.387 e. The van der Waals surface area contributed by atoms with Crippen molar-refractivity contribution >= 4 is 17.1 Å². The molecule has 1 aromatic carbocycles. The van der Waals surface area contributed by atoms with Crippen LogP contribution in [0.3, 0.4) is 0 Å². The Bertz CT molecular complexity index is 1140. The van der Waals surface area contributed by atoms with Gasteiger partial charge in [0.2, 0.25) is 5.95 Å². The summed E-state index contributed by atoms with van der Waals surface area (Å²) in [7, 11) is 5.15. The molecule has 3 heterocycles. The van der Waals surface area contributed by atoms with E-state index in [2.05, 4.69) is 21.8 Å². The minimum absolute atomic E-state index is 0.176. The van der Waals surface area contributed by atoms with E-state index in [1.54, 1.807) is 11.6 Å². The van der Waals surface area contributed by atoms with Crippen molar-refractivity contribution in [2.45, 2.75) is 12.6 Å². The topological polar surface area (TPSA) is 88.5 Å². The van der Waals surface area contributed by atoms with Gasteiger partial charge in [-0.05, 0) is 12.6 Å². The Morgan fingerprint density at radius 1 is 1.00 bits per heavy atom. The van der Waals surface area contributed by atoms with Crippen molar-refractivity contribution in [1.82, 2.24) is 23.6 Å². The second-order valence-electron chi connectivity index (χ2n) is 7.62. The number of nitrogens with zero attached hydrogens (tertiary/aromatic N) is 6. The minimum atomic E-state index is -0.804. The van der Waals surface area contributed by atoms with E-state index in [1.807, 2.05) is 30.3 Å². The molecule has 1 unspecified atom stereocenters. The number of aromatic nitrogens is 4. The van der Waals surface area contributed by atoms with Gasteiger partial charge in [-0.25, -0.2) is 4.79 Å². The maximum absolute atomic E-state index is 13.0. The first-order valence-electron chi connectivity index (χ1n) is 9.71. The number of anilines is 1. The lowest BCUT2D eigenvalue weighted by atomic mass is 10.1. The van der Waals surface area contributed by atoms with Crippen molar-refractivity contribution in [1.29, 1.82) is 0 Å². The van der Waals surface area contributed by atoms with Gasteiger partial charge >= 0.3 is 5.69 Å². The van der Waals surface area contributed by atoms with Gasteiger partial charge in [0.05, 0.1) is 12.6 Å². The highest BCUT2D eigenvalue weighted by atomic mass is 16.3. The van der Waals surface area contributed by atoms with Gasteiger partial charge in [0.15, 0.2) is 11.2 Å². The van der Waals surface area contributed by atoms with Crippen molar-refractivity contribution in [3.63, 3.8) is 0 Å². The second kappa shape index (κ2) is 7.49. The van der Waals surface area contributed by atoms with Crippen molar-refractivity contribution in [2.24, 2.45) is 14.1 Å². The SMILES string of the molecule is CN1CCN(c2nc3c(c(=O)n(C)c(=O)n3C)n2CC(O)c2ccccc2)CC1. The zero-order valence-corrected chi connectivity index (χ0v) is 16.9. The van der Waals surface area contributed by atoms with E-state index in [1.165, 1.54) is 11.6 Å². The van der Waals surface area contributed by atoms with Crippen LogP contribution in [0.4, 0.5) is 5.95 Å². The Kier molecular flexibility index (Phi) is 5.01. The average Bonchev–Trinajstić information content (AvgIpc) is 3.11. The summed E-state index contributed by atoms with van der Waals surface area (Å²) >= 11 is 0. The molecule has 9 nitrogen and oxygen atoms in total. The van der Waals surface area contributed by atoms with Crippen LogP contribution in [-0.2, 0) is 20.6 Å². The third-order valence-electron chi connectivity index (χ3n) is 5.65. The molecule has 1 saturated heterocycles. The number of fused-ring (bicyclic) bond motifs is 1. The fraction of sp³-hybridized carbons (Fsp3) is 0.450. The van der Waals surface area contributed by atoms with E-state index in [0.717, 1.165) is 36.3 Å². The smallest absolute Gasteiger partial charge is 0.332 e. The highest BCUT2D eigenvalue weighted by Crippen LogP contribution is 2.24. The standard InChI is InChI=1S/C20H26N6O3/c1-22-9-11-25(12-10-22)19-21-17-16(18(28)24(3)20(29)23(17)2)26(19)13-15(27)14-7-5-4-6-8-14/h4-8,15,27H,9-13H2,1-3H3. The summed E-state index contributed by atoms with van der Waals surface area (Å²) in [4.78, 5) is 34.4. The van der Waals surface area contributed by atoms with Gasteiger partial charge in [-0.3, -0.25) is 13.9 Å². The summed E-state index contributed by atoms with van der Waals surface area (Å²) in [5.74, 6) is 0.612. The molecule has 1 atom stereocenters. The number of aliphatic hydroxyl groups excluding tert-OH is 1. The van der Waals surface area contributed by atoms with Crippen LogP contribution in [0.25, 0.3) is 11.2 Å². The van der Waals surface area contributed by atoms with Gasteiger partial charge in [-0.15, -0.1) is 0 Å². The fourth-order valence-electron chi connectivity index (χ4n) is 3.81. The molecule has 9 heteroatoms. The predicted octanol–water partition coefficient (Wildman–Crippen LogP) is -0.0809. The fourth-order valence-corrected chi connectivity index (χ4v) is 3.81. The molecule has 1 aliphatic heterocycles. The number of benzene rings is 1. The zero-order chi connectivity index (χ0) is 20.7. The number of hydrogen-bond acceptors (Lipinski definition) is 6. The Hall–Kier alpha value is -2.91. The van der Waals surface area contributed by atoms with Gasteiger partial charge in [-0.1, -0.05) is 30.3 Å². The Morgan fingerprint density at radius 3 is 2.31 bits per heavy atom. The van der Waals surface area contributed by atoms with Gasteiger partial charge in [-0.2, -0.15) is 4.98 Å². The van der Waals surface area contributed by atoms with Crippen LogP contribution in [0.15, 0.2) is 39.9 Å². The molecule has 0 amide bonds. The van der Waals surface area contributed by atoms with E-state index in [4.69, 9.17) is 0 Å². The van der Waals surface area contributed by atoms with Gasteiger partial charge in [0, 0.05) is 40.3 Å². The van der Waals surface area contributed by atoms with E-state index in [-0.39, 0.29) is 6.54 Å². The molecule has 0 aliphatic carbocycles. The Morgan fingerprint density at radius 2 is 1.66 bits per heavy atom. The summed E-state index contributed by atoms with van der Waals surface area (Å²) in [6.07, 6.45) is -0.804. The van der Waals surface area contributed by atoms with Crippen LogP contribution in [-0.4, -0.2) is 61.9 Å². The van der Waals surface area contributed by atoms with E-state index in [0.29, 0.717) is 17.1 Å². The Balaban J connectivity index is 1.88. The van der Waals surface area contributed by atoms with Crippen molar-refractivity contribution in [3.05, 3.63) is 56.7 Å². The first-order valence-corrected chi connectivity index (χ1v) is 9.71. The number of piperazine rings is 1. The number of aliphatic hydroxyl groups is 1. The van der Waals surface area contributed by atoms with Crippen LogP contribution in [0, 0.1) is 0 Å². The van der Waals surface area contributed by atoms with E-state index >= 15 is 0 Å². The van der Waals surface area contributed by atoms with E-state index < -0.39 is 17.4 Å². The summed E-state index contributed by atoms with van der Waals surface area (Å²) in [6, 6.07) is 9.34. The van der Waals surface area contributed by atoms with Crippen LogP contribution in [0.2, 0.25) is 0 Å². The number of hydrogen-bond donors (Lipinski definition) is 1. The van der Waals surface area contributed by atoms with Crippen molar-refractivity contribution in [2.75, 3.05) is 38.1 Å². The molecule has 3 aromatic rings. The molecule has 4 rings (SSSR count). The number of likely N-dealkylation sites (N-methyl/N-ethyl adjacent to an activating group) is 1. The molecule has 1 aliphatic rings. The quantitative estimate of drug-likeness (QED) is 0.661. The second-order valence-corrected chi connectivity index (χ2v) is 7.62. The Labute approximate surface area is 168 Å². The number of rotatable bonds is 4. The normalized spacial score (nSPS) is 16.5. The molecular formula is C20H26N6O3. The molecule has 2 aromatic heterocycles. The van der Waals surface area contributed by atoms with Crippen molar-refractivity contribution in [3.8, 4) is 0 Å². The molecular weight excluding hydrogens is 372 g/mol. The van der Waals surface area contributed by atoms with Crippen LogP contribution < -0.4 is 16.1 Å². The highest BCUT2D eigenvalue weighted by Gasteiger charge is 2.26. The van der Waals surface area contributed by atoms with Gasteiger partial charge in [0.25, 0.3) is 5.56 Å². The van der Waals surface area contributed by atoms with Crippen LogP contribution >= 0.6 is 0 Å². The largest absolute Gasteiger partial charge is 0.387 e. The predicted molar refractivity (Wildman–Crippen MR) is 111 cm³/mol. The molecule has 0 radical (unpaired) electrons. The van der Waals surface area contributed by atoms with Crippen molar-refractivity contribution < 1.29 is 5.11 Å². The summed E-state index contributed by atoms with van der Waals surface area (Å²) < 4.78 is 4.24. The van der Waals surface area contributed by atoms with Crippen LogP contribution in [0.1, 0.15) is 11.7 Å². The average molecular weight is 398 g/mol. The third kappa shape index (κ3) is 3.36. The van der Waals surface area contributed by atoms with Crippen LogP contribution in [0.5, 0.6) is 0 Å². The summed E-state index contributed by atoms with van der Waals surface area (Å²) in [5, 5.41) is 10.8. The molecule has 1 fully saturated rings. The highest BCUT2D eigenvalue weighted by molar-refractivity contribution is 5.74. The third-order valence-corrected chi connectivity index (χ3v) is 5.65. The first kappa shape index (κ1) is 19.4. The van der Waals surface area contributed by atoms with Gasteiger partial charge in [0.1, 0.15) is 0 Å². The lowest BCUT2D eigenvalue weighted by Crippen LogP contribution is -2.45. The molecule has 0 spiro atoms. The molecule has 29 heavy (non-hydrogen) atoms. The lowest BCUT2D eigenvalue weighted by Gasteiger charge is -2.33. The molecule has 154 valence electrons. The summed E-state index contributed by atoms with van der Waals surface area (Å²) in [6.45, 7) is 3.45. The summed E-state index contributed by atoms with van der Waals surface area (Å²) in [5.41, 5.74) is 0.614. The first-order chi connectivity index (χ1) is 13.9. The maximum atomic E-state index is 13.0. The number of imidazole rings is 1. The zero-order valence-electron chi connectivity index (χ0n) is 16.9.